The van der Waals surface area contributed by atoms with Gasteiger partial charge >= 0.3 is 0 Å². The largest absolute Gasteiger partial charge is 0.343 e. The van der Waals surface area contributed by atoms with Crippen LogP contribution in [0, 0.1) is 5.41 Å². The summed E-state index contributed by atoms with van der Waals surface area (Å²) < 4.78 is 24.9. The van der Waals surface area contributed by atoms with Crippen molar-refractivity contribution in [2.24, 2.45) is 11.1 Å². The Bertz CT molecular complexity index is 434. The number of nitrogens with zero attached hydrogens (tertiary/aromatic N) is 1. The maximum atomic E-state index is 12.2. The number of carbonyl (C=O) groups excluding carboxylic acids is 1. The van der Waals surface area contributed by atoms with Crippen LogP contribution in [0.4, 0.5) is 0 Å². The molecule has 0 radical (unpaired) electrons. The van der Waals surface area contributed by atoms with Gasteiger partial charge in [-0.05, 0) is 18.3 Å². The van der Waals surface area contributed by atoms with Crippen LogP contribution in [0.3, 0.4) is 0 Å². The normalized spacial score (nSPS) is 19.9. The average molecular weight is 305 g/mol. The summed E-state index contributed by atoms with van der Waals surface area (Å²) in [7, 11) is -3.17. The van der Waals surface area contributed by atoms with Gasteiger partial charge in [-0.3, -0.25) is 4.79 Å². The van der Waals surface area contributed by atoms with Gasteiger partial charge in [-0.1, -0.05) is 20.8 Å². The number of hydrogen-bond acceptors (Lipinski definition) is 4. The van der Waals surface area contributed by atoms with E-state index in [1.54, 1.807) is 4.90 Å². The van der Waals surface area contributed by atoms with Crippen molar-refractivity contribution in [3.63, 3.8) is 0 Å². The molecule has 0 aromatic rings. The lowest BCUT2D eigenvalue weighted by Crippen LogP contribution is -2.48. The van der Waals surface area contributed by atoms with E-state index in [-0.39, 0.29) is 23.4 Å². The number of piperidine rings is 1. The van der Waals surface area contributed by atoms with Gasteiger partial charge in [-0.25, -0.2) is 13.1 Å². The summed E-state index contributed by atoms with van der Waals surface area (Å²) in [6, 6.07) is -0.229. The molecule has 3 N–H and O–H groups in total. The molecule has 6 nitrogen and oxygen atoms in total. The first-order chi connectivity index (χ1) is 8.99. The van der Waals surface area contributed by atoms with E-state index in [0.29, 0.717) is 32.4 Å². The second-order valence-corrected chi connectivity index (χ2v) is 8.50. The third-order valence-corrected chi connectivity index (χ3v) is 4.50. The monoisotopic (exact) mass is 305 g/mol. The fourth-order valence-corrected chi connectivity index (χ4v) is 3.01. The molecule has 0 aromatic carbocycles. The summed E-state index contributed by atoms with van der Waals surface area (Å²) in [5, 5.41) is 0. The van der Waals surface area contributed by atoms with Crippen LogP contribution in [0.2, 0.25) is 0 Å². The lowest BCUT2D eigenvalue weighted by atomic mass is 9.85. The highest BCUT2D eigenvalue weighted by molar-refractivity contribution is 7.88. The molecule has 1 aliphatic heterocycles. The number of likely N-dealkylation sites (tertiary alicyclic amines) is 1. The molecule has 0 saturated carbocycles. The maximum absolute atomic E-state index is 12.2. The predicted octanol–water partition coefficient (Wildman–Crippen LogP) is 0.290. The quantitative estimate of drug-likeness (QED) is 0.781. The van der Waals surface area contributed by atoms with Crippen LogP contribution >= 0.6 is 0 Å². The molecule has 1 fully saturated rings. The Balaban J connectivity index is 2.43. The summed E-state index contributed by atoms with van der Waals surface area (Å²) in [4.78, 5) is 13.9. The van der Waals surface area contributed by atoms with Crippen LogP contribution in [0.25, 0.3) is 0 Å². The first-order valence-corrected chi connectivity index (χ1v) is 8.89. The third kappa shape index (κ3) is 5.76. The molecule has 1 saturated heterocycles. The van der Waals surface area contributed by atoms with Gasteiger partial charge in [0.15, 0.2) is 0 Å². The molecular weight excluding hydrogens is 278 g/mol. The Labute approximate surface area is 122 Å². The van der Waals surface area contributed by atoms with Crippen LogP contribution in [-0.2, 0) is 14.8 Å². The van der Waals surface area contributed by atoms with Crippen molar-refractivity contribution in [3.05, 3.63) is 0 Å². The Hall–Kier alpha value is -0.660. The molecule has 0 bridgehead atoms. The minimum absolute atomic E-state index is 0.0604. The molecule has 1 amide bonds. The highest BCUT2D eigenvalue weighted by Gasteiger charge is 2.28. The van der Waals surface area contributed by atoms with Crippen LogP contribution in [0.15, 0.2) is 0 Å². The zero-order chi connectivity index (χ0) is 15.6. The lowest BCUT2D eigenvalue weighted by Gasteiger charge is -2.34. The van der Waals surface area contributed by atoms with Crippen LogP contribution in [-0.4, -0.2) is 50.7 Å². The molecule has 20 heavy (non-hydrogen) atoms. The third-order valence-electron chi connectivity index (χ3n) is 3.74. The SMILES string of the molecule is CC(C)(C)C(N)CC(=O)N1CCC(NS(C)(=O)=O)CC1. The Morgan fingerprint density at radius 3 is 2.25 bits per heavy atom. The minimum Gasteiger partial charge on any atom is -0.343 e. The van der Waals surface area contributed by atoms with Crippen molar-refractivity contribution < 1.29 is 13.2 Å². The van der Waals surface area contributed by atoms with Gasteiger partial charge in [0.05, 0.1) is 6.26 Å². The van der Waals surface area contributed by atoms with Crippen LogP contribution < -0.4 is 10.5 Å². The predicted molar refractivity (Wildman–Crippen MR) is 79.6 cm³/mol. The van der Waals surface area contributed by atoms with Crippen molar-refractivity contribution in [1.29, 1.82) is 0 Å². The number of amides is 1. The summed E-state index contributed by atoms with van der Waals surface area (Å²) in [6.45, 7) is 7.24. The molecular formula is C13H27N3O3S. The van der Waals surface area contributed by atoms with Crippen LogP contribution in [0.5, 0.6) is 0 Å². The van der Waals surface area contributed by atoms with E-state index in [2.05, 4.69) is 4.72 Å². The van der Waals surface area contributed by atoms with Gasteiger partial charge in [-0.15, -0.1) is 0 Å². The van der Waals surface area contributed by atoms with Crippen molar-refractivity contribution >= 4 is 15.9 Å². The number of carbonyl (C=O) groups is 1. The molecule has 118 valence electrons. The molecule has 0 aliphatic carbocycles. The molecule has 1 aliphatic rings. The van der Waals surface area contributed by atoms with Gasteiger partial charge in [0, 0.05) is 31.6 Å². The topological polar surface area (TPSA) is 92.5 Å². The second-order valence-electron chi connectivity index (χ2n) is 6.72. The Kier molecular flexibility index (Phi) is 5.57. The molecule has 1 rings (SSSR count). The molecule has 0 aromatic heterocycles. The van der Waals surface area contributed by atoms with Crippen molar-refractivity contribution in [1.82, 2.24) is 9.62 Å². The van der Waals surface area contributed by atoms with Gasteiger partial charge in [0.25, 0.3) is 0 Å². The van der Waals surface area contributed by atoms with E-state index in [1.165, 1.54) is 0 Å². The summed E-state index contributed by atoms with van der Waals surface area (Å²) in [5.41, 5.74) is 5.94. The van der Waals surface area contributed by atoms with E-state index in [0.717, 1.165) is 6.26 Å². The van der Waals surface area contributed by atoms with E-state index in [4.69, 9.17) is 5.73 Å². The molecule has 1 heterocycles. The standard InChI is InChI=1S/C13H27N3O3S/c1-13(2,3)11(14)9-12(17)16-7-5-10(6-8-16)15-20(4,18)19/h10-11,15H,5-9,14H2,1-4H3. The van der Waals surface area contributed by atoms with Crippen molar-refractivity contribution in [2.75, 3.05) is 19.3 Å². The fraction of sp³-hybridized carbons (Fsp3) is 0.923. The zero-order valence-corrected chi connectivity index (χ0v) is 13.7. The van der Waals surface area contributed by atoms with E-state index in [9.17, 15) is 13.2 Å². The lowest BCUT2D eigenvalue weighted by molar-refractivity contribution is -0.133. The van der Waals surface area contributed by atoms with Gasteiger partial charge < -0.3 is 10.6 Å². The van der Waals surface area contributed by atoms with Crippen molar-refractivity contribution in [2.45, 2.75) is 52.1 Å². The van der Waals surface area contributed by atoms with Gasteiger partial charge in [0.1, 0.15) is 0 Å². The number of nitrogens with one attached hydrogen (secondary N) is 1. The van der Waals surface area contributed by atoms with E-state index < -0.39 is 10.0 Å². The van der Waals surface area contributed by atoms with E-state index >= 15 is 0 Å². The molecule has 1 unspecified atom stereocenters. The first-order valence-electron chi connectivity index (χ1n) is 6.99. The number of hydrogen-bond donors (Lipinski definition) is 2. The number of sulfonamides is 1. The summed E-state index contributed by atoms with van der Waals surface area (Å²) in [5.74, 6) is 0.0604. The maximum Gasteiger partial charge on any atom is 0.224 e. The van der Waals surface area contributed by atoms with Gasteiger partial charge in [0.2, 0.25) is 15.9 Å². The average Bonchev–Trinajstić information content (AvgIpc) is 2.26. The second kappa shape index (κ2) is 6.41. The Morgan fingerprint density at radius 1 is 1.35 bits per heavy atom. The minimum atomic E-state index is -3.17. The Morgan fingerprint density at radius 2 is 1.85 bits per heavy atom. The highest BCUT2D eigenvalue weighted by Crippen LogP contribution is 2.21. The summed E-state index contributed by atoms with van der Waals surface area (Å²) in [6.07, 6.45) is 2.81. The van der Waals surface area contributed by atoms with Crippen molar-refractivity contribution in [3.8, 4) is 0 Å². The fourth-order valence-electron chi connectivity index (χ4n) is 2.17. The molecule has 7 heteroatoms. The number of nitrogens with two attached hydrogens (primary N) is 1. The van der Waals surface area contributed by atoms with Gasteiger partial charge in [-0.2, -0.15) is 0 Å². The smallest absolute Gasteiger partial charge is 0.224 e. The number of rotatable bonds is 4. The molecule has 1 atom stereocenters. The highest BCUT2D eigenvalue weighted by atomic mass is 32.2. The van der Waals surface area contributed by atoms with Crippen LogP contribution in [0.1, 0.15) is 40.0 Å². The summed E-state index contributed by atoms with van der Waals surface area (Å²) >= 11 is 0. The first kappa shape index (κ1) is 17.4. The zero-order valence-electron chi connectivity index (χ0n) is 12.8. The molecule has 0 spiro atoms. The van der Waals surface area contributed by atoms with E-state index in [1.807, 2.05) is 20.8 Å².